The number of hydrogen-bond donors (Lipinski definition) is 0. The fourth-order valence-corrected chi connectivity index (χ4v) is 12.4. The molecule has 0 saturated heterocycles. The molecule has 2 aliphatic heterocycles. The zero-order valence-corrected chi connectivity index (χ0v) is 28.2. The highest BCUT2D eigenvalue weighted by Crippen LogP contribution is 2.61. The molecule has 4 heteroatoms. The summed E-state index contributed by atoms with van der Waals surface area (Å²) in [5.41, 5.74) is 15.8. The fourth-order valence-electron chi connectivity index (χ4n) is 12.4. The van der Waals surface area contributed by atoms with Gasteiger partial charge in [0.1, 0.15) is 5.58 Å². The van der Waals surface area contributed by atoms with E-state index in [2.05, 4.69) is 133 Å². The minimum Gasteiger partial charge on any atom is -0.440 e. The Hall–Kier alpha value is -4.70. The topological polar surface area (TPSA) is 19.6 Å². The van der Waals surface area contributed by atoms with Crippen molar-refractivity contribution in [3.63, 3.8) is 0 Å². The first kappa shape index (κ1) is 27.2. The third-order valence-corrected chi connectivity index (χ3v) is 13.7. The normalized spacial score (nSPS) is 26.0. The predicted molar refractivity (Wildman–Crippen MR) is 203 cm³/mol. The maximum absolute atomic E-state index is 7.37. The van der Waals surface area contributed by atoms with Gasteiger partial charge in [0.15, 0.2) is 0 Å². The van der Waals surface area contributed by atoms with E-state index in [0.29, 0.717) is 0 Å². The molecule has 0 spiro atoms. The first-order chi connectivity index (χ1) is 24.0. The highest BCUT2D eigenvalue weighted by molar-refractivity contribution is 7.01. The van der Waals surface area contributed by atoms with Crippen LogP contribution in [0.15, 0.2) is 114 Å². The molecule has 4 bridgehead atoms. The molecular weight excluding hydrogens is 595 g/mol. The highest BCUT2D eigenvalue weighted by Gasteiger charge is 2.57. The average molecular weight is 635 g/mol. The quantitative estimate of drug-likeness (QED) is 0.177. The summed E-state index contributed by atoms with van der Waals surface area (Å²) in [6.45, 7) is 4.84. The van der Waals surface area contributed by atoms with E-state index in [-0.39, 0.29) is 17.7 Å². The van der Waals surface area contributed by atoms with Crippen molar-refractivity contribution in [2.24, 2.45) is 17.8 Å². The van der Waals surface area contributed by atoms with Crippen LogP contribution in [-0.2, 0) is 5.41 Å². The minimum absolute atomic E-state index is 0.0914. The molecule has 5 aliphatic carbocycles. The van der Waals surface area contributed by atoms with Crippen LogP contribution in [0.3, 0.4) is 0 Å². The van der Waals surface area contributed by atoms with Gasteiger partial charge in [0, 0.05) is 50.1 Å². The second-order valence-corrected chi connectivity index (χ2v) is 16.7. The molecule has 0 unspecified atom stereocenters. The lowest BCUT2D eigenvalue weighted by atomic mass is 9.33. The van der Waals surface area contributed by atoms with Gasteiger partial charge >= 0.3 is 0 Å². The summed E-state index contributed by atoms with van der Waals surface area (Å²) >= 11 is 0. The SMILES string of the molecule is CC1(C)c2ccccc2-c2ccc3c4c(oc3c21)N(c1ccccc1)c1cccc2c1B4c1ccccc1N2C12CC3CC(CC(C3)C1)C2. The van der Waals surface area contributed by atoms with Crippen LogP contribution in [0.2, 0.25) is 0 Å². The molecule has 0 radical (unpaired) electrons. The zero-order chi connectivity index (χ0) is 32.2. The molecule has 4 fully saturated rings. The van der Waals surface area contributed by atoms with Crippen molar-refractivity contribution in [1.29, 1.82) is 0 Å². The summed E-state index contributed by atoms with van der Waals surface area (Å²) < 4.78 is 7.37. The molecule has 3 nitrogen and oxygen atoms in total. The third kappa shape index (κ3) is 3.31. The van der Waals surface area contributed by atoms with Gasteiger partial charge in [-0.15, -0.1) is 0 Å². The molecule has 6 aromatic rings. The molecule has 4 saturated carbocycles. The third-order valence-electron chi connectivity index (χ3n) is 13.7. The summed E-state index contributed by atoms with van der Waals surface area (Å²) in [6.07, 6.45) is 8.31. The van der Waals surface area contributed by atoms with E-state index in [9.17, 15) is 0 Å². The van der Waals surface area contributed by atoms with Crippen molar-refractivity contribution in [1.82, 2.24) is 0 Å². The van der Waals surface area contributed by atoms with Crippen LogP contribution in [-0.4, -0.2) is 12.3 Å². The lowest BCUT2D eigenvalue weighted by Crippen LogP contribution is -2.67. The molecule has 3 heterocycles. The summed E-state index contributed by atoms with van der Waals surface area (Å²) in [6, 6.07) is 41.2. The Morgan fingerprint density at radius 2 is 1.31 bits per heavy atom. The molecule has 49 heavy (non-hydrogen) atoms. The first-order valence-corrected chi connectivity index (χ1v) is 18.6. The zero-order valence-electron chi connectivity index (χ0n) is 28.2. The number of furan rings is 1. The van der Waals surface area contributed by atoms with Gasteiger partial charge < -0.3 is 9.32 Å². The van der Waals surface area contributed by atoms with Crippen molar-refractivity contribution in [3.8, 4) is 11.1 Å². The van der Waals surface area contributed by atoms with Gasteiger partial charge in [-0.2, -0.15) is 0 Å². The predicted octanol–water partition coefficient (Wildman–Crippen LogP) is 9.46. The summed E-state index contributed by atoms with van der Waals surface area (Å²) in [5.74, 6) is 3.58. The summed E-state index contributed by atoms with van der Waals surface area (Å²) in [7, 11) is 0. The van der Waals surface area contributed by atoms with Crippen LogP contribution < -0.4 is 26.2 Å². The second-order valence-electron chi connectivity index (χ2n) is 16.7. The monoisotopic (exact) mass is 634 g/mol. The standard InChI is InChI=1S/C45H39BN2O/c1-44(2)34-14-7-6-13-31(34)32-19-20-33-40-43(49-42(33)39(32)44)47(30-11-4-3-5-12-30)37-17-10-18-38-41(37)46(40)35-15-8-9-16-36(35)48(38)45-24-27-21-28(25-45)23-29(22-27)26-45/h3-20,27-29H,21-26H2,1-2H3. The molecular formula is C45H39BN2O. The second kappa shape index (κ2) is 9.10. The van der Waals surface area contributed by atoms with Crippen LogP contribution in [0.4, 0.5) is 28.6 Å². The van der Waals surface area contributed by atoms with E-state index in [1.807, 2.05) is 0 Å². The molecule has 0 amide bonds. The molecule has 1 aromatic heterocycles. The average Bonchev–Trinajstić information content (AvgIpc) is 3.60. The lowest BCUT2D eigenvalue weighted by molar-refractivity contribution is 0.000638. The van der Waals surface area contributed by atoms with Gasteiger partial charge in [0.2, 0.25) is 5.88 Å². The number of nitrogens with zero attached hydrogens (tertiary/aromatic N) is 2. The number of hydrogen-bond acceptors (Lipinski definition) is 3. The number of rotatable bonds is 2. The van der Waals surface area contributed by atoms with E-state index in [1.54, 1.807) is 0 Å². The van der Waals surface area contributed by atoms with E-state index >= 15 is 0 Å². The molecule has 7 aliphatic rings. The van der Waals surface area contributed by atoms with Crippen molar-refractivity contribution in [3.05, 3.63) is 120 Å². The molecule has 0 N–H and O–H groups in total. The van der Waals surface area contributed by atoms with E-state index in [4.69, 9.17) is 4.42 Å². The Bertz CT molecular complexity index is 2350. The Morgan fingerprint density at radius 3 is 2.10 bits per heavy atom. The minimum atomic E-state index is -0.165. The molecule has 5 aromatic carbocycles. The van der Waals surface area contributed by atoms with Crippen LogP contribution in [0.1, 0.15) is 63.5 Å². The Labute approximate surface area is 288 Å². The molecule has 13 rings (SSSR count). The molecule has 238 valence electrons. The van der Waals surface area contributed by atoms with Gasteiger partial charge in [0.25, 0.3) is 6.71 Å². The Morgan fingerprint density at radius 1 is 0.633 bits per heavy atom. The van der Waals surface area contributed by atoms with Gasteiger partial charge in [-0.3, -0.25) is 4.90 Å². The van der Waals surface area contributed by atoms with E-state index in [1.165, 1.54) is 99.6 Å². The number of benzene rings is 5. The van der Waals surface area contributed by atoms with Crippen molar-refractivity contribution in [2.45, 2.75) is 63.3 Å². The smallest absolute Gasteiger partial charge is 0.257 e. The maximum Gasteiger partial charge on any atom is 0.257 e. The van der Waals surface area contributed by atoms with Crippen molar-refractivity contribution < 1.29 is 4.42 Å². The molecule has 0 atom stereocenters. The van der Waals surface area contributed by atoms with Gasteiger partial charge in [0.05, 0.1) is 0 Å². The fraction of sp³-hybridized carbons (Fsp3) is 0.289. The van der Waals surface area contributed by atoms with Gasteiger partial charge in [-0.05, 0) is 114 Å². The summed E-state index contributed by atoms with van der Waals surface area (Å²) in [4.78, 5) is 5.33. The Balaban J connectivity index is 1.17. The van der Waals surface area contributed by atoms with Gasteiger partial charge in [-0.1, -0.05) is 92.7 Å². The van der Waals surface area contributed by atoms with Crippen LogP contribution in [0.25, 0.3) is 22.1 Å². The first-order valence-electron chi connectivity index (χ1n) is 18.6. The number of para-hydroxylation sites is 2. The number of anilines is 5. The highest BCUT2D eigenvalue weighted by atomic mass is 16.4. The van der Waals surface area contributed by atoms with Crippen molar-refractivity contribution >= 4 is 62.7 Å². The van der Waals surface area contributed by atoms with Gasteiger partial charge in [-0.25, -0.2) is 0 Å². The summed E-state index contributed by atoms with van der Waals surface area (Å²) in [5, 5.41) is 1.25. The largest absolute Gasteiger partial charge is 0.440 e. The van der Waals surface area contributed by atoms with E-state index < -0.39 is 0 Å². The van der Waals surface area contributed by atoms with Crippen LogP contribution in [0, 0.1) is 17.8 Å². The number of fused-ring (bicyclic) bond motifs is 10. The van der Waals surface area contributed by atoms with Crippen molar-refractivity contribution in [2.75, 3.05) is 9.80 Å². The van der Waals surface area contributed by atoms with Crippen LogP contribution >= 0.6 is 0 Å². The Kier molecular flexibility index (Phi) is 5.04. The maximum atomic E-state index is 7.37. The lowest BCUT2D eigenvalue weighted by Gasteiger charge is -2.62. The van der Waals surface area contributed by atoms with Crippen LogP contribution in [0.5, 0.6) is 0 Å². The van der Waals surface area contributed by atoms with E-state index in [0.717, 1.165) is 34.9 Å².